The van der Waals surface area contributed by atoms with E-state index in [1.54, 1.807) is 30.3 Å². The lowest BCUT2D eigenvalue weighted by molar-refractivity contribution is 0.0698. The summed E-state index contributed by atoms with van der Waals surface area (Å²) in [5.41, 5.74) is 2.38. The van der Waals surface area contributed by atoms with E-state index in [4.69, 9.17) is 0 Å². The van der Waals surface area contributed by atoms with E-state index in [-0.39, 0.29) is 17.2 Å². The zero-order chi connectivity index (χ0) is 18.8. The molecule has 5 nitrogen and oxygen atoms in total. The lowest BCUT2D eigenvalue weighted by atomic mass is 10.0. The van der Waals surface area contributed by atoms with Gasteiger partial charge in [-0.1, -0.05) is 54.6 Å². The molecule has 0 unspecified atom stereocenters. The molecule has 0 aliphatic rings. The molecule has 27 heavy (non-hydrogen) atoms. The first kappa shape index (κ1) is 16.6. The minimum Gasteiger partial charge on any atom is -0.478 e. The lowest BCUT2D eigenvalue weighted by Gasteiger charge is -2.11. The van der Waals surface area contributed by atoms with Crippen molar-refractivity contribution >= 4 is 28.3 Å². The predicted octanol–water partition coefficient (Wildman–Crippen LogP) is 4.79. The Morgan fingerprint density at radius 3 is 2.30 bits per heavy atom. The van der Waals surface area contributed by atoms with Crippen LogP contribution >= 0.6 is 0 Å². The van der Waals surface area contributed by atoms with Crippen molar-refractivity contribution in [3.8, 4) is 11.3 Å². The fourth-order valence-electron chi connectivity index (χ4n) is 3.17. The third-order valence-electron chi connectivity index (χ3n) is 4.45. The highest BCUT2D eigenvalue weighted by molar-refractivity contribution is 6.12. The van der Waals surface area contributed by atoms with Crippen molar-refractivity contribution in [2.45, 2.75) is 0 Å². The molecule has 1 heterocycles. The predicted molar refractivity (Wildman–Crippen MR) is 105 cm³/mol. The molecule has 3 aromatic carbocycles. The van der Waals surface area contributed by atoms with E-state index in [2.05, 4.69) is 10.3 Å². The van der Waals surface area contributed by atoms with E-state index in [1.165, 1.54) is 6.07 Å². The summed E-state index contributed by atoms with van der Waals surface area (Å²) >= 11 is 0. The van der Waals surface area contributed by atoms with E-state index in [1.807, 2.05) is 42.6 Å². The Balaban J connectivity index is 1.76. The molecule has 4 rings (SSSR count). The second-order valence-corrected chi connectivity index (χ2v) is 6.10. The molecular formula is C22H16N2O3. The summed E-state index contributed by atoms with van der Waals surface area (Å²) in [6.07, 6.45) is 1.90. The average molecular weight is 356 g/mol. The molecule has 0 bridgehead atoms. The van der Waals surface area contributed by atoms with E-state index >= 15 is 0 Å². The summed E-state index contributed by atoms with van der Waals surface area (Å²) < 4.78 is 0. The maximum Gasteiger partial charge on any atom is 0.337 e. The van der Waals surface area contributed by atoms with Gasteiger partial charge >= 0.3 is 5.97 Å². The molecule has 0 atom stereocenters. The van der Waals surface area contributed by atoms with Crippen molar-refractivity contribution < 1.29 is 14.7 Å². The van der Waals surface area contributed by atoms with Gasteiger partial charge < -0.3 is 15.4 Å². The maximum absolute atomic E-state index is 12.9. The van der Waals surface area contributed by atoms with Crippen LogP contribution in [-0.4, -0.2) is 22.0 Å². The summed E-state index contributed by atoms with van der Waals surface area (Å²) in [7, 11) is 0. The van der Waals surface area contributed by atoms with Crippen LogP contribution in [0.25, 0.3) is 22.0 Å². The van der Waals surface area contributed by atoms with Gasteiger partial charge in [-0.15, -0.1) is 0 Å². The molecule has 1 amide bonds. The molecule has 132 valence electrons. The third kappa shape index (κ3) is 3.06. The lowest BCUT2D eigenvalue weighted by Crippen LogP contribution is -2.15. The van der Waals surface area contributed by atoms with Crippen LogP contribution in [0.5, 0.6) is 0 Å². The number of nitrogens with one attached hydrogen (secondary N) is 2. The normalized spacial score (nSPS) is 10.7. The Morgan fingerprint density at radius 2 is 1.48 bits per heavy atom. The van der Waals surface area contributed by atoms with Gasteiger partial charge in [-0.3, -0.25) is 4.79 Å². The van der Waals surface area contributed by atoms with Gasteiger partial charge in [-0.25, -0.2) is 4.79 Å². The number of hydrogen-bond acceptors (Lipinski definition) is 2. The van der Waals surface area contributed by atoms with Crippen LogP contribution < -0.4 is 5.32 Å². The van der Waals surface area contributed by atoms with E-state index in [9.17, 15) is 14.7 Å². The number of benzene rings is 3. The second-order valence-electron chi connectivity index (χ2n) is 6.10. The number of para-hydroxylation sites is 1. The summed E-state index contributed by atoms with van der Waals surface area (Å²) in [5.74, 6) is -1.45. The van der Waals surface area contributed by atoms with Crippen molar-refractivity contribution in [1.82, 2.24) is 4.98 Å². The molecule has 0 fully saturated rings. The van der Waals surface area contributed by atoms with E-state index in [0.717, 1.165) is 22.0 Å². The quantitative estimate of drug-likeness (QED) is 0.492. The van der Waals surface area contributed by atoms with Gasteiger partial charge in [0.2, 0.25) is 0 Å². The molecule has 0 aliphatic carbocycles. The Morgan fingerprint density at radius 1 is 0.815 bits per heavy atom. The van der Waals surface area contributed by atoms with Crippen LogP contribution in [0.1, 0.15) is 20.7 Å². The largest absolute Gasteiger partial charge is 0.478 e. The number of hydrogen-bond donors (Lipinski definition) is 3. The number of amides is 1. The van der Waals surface area contributed by atoms with Gasteiger partial charge in [0.15, 0.2) is 0 Å². The monoisotopic (exact) mass is 356 g/mol. The standard InChI is InChI=1S/C22H16N2O3/c25-21(24-19-12-6-5-11-18(19)22(26)27)17-10-4-3-9-16(17)20-15-8-2-1-7-14(15)13-23-20/h1-13,23H,(H,24,25)(H,26,27). The Kier molecular flexibility index (Phi) is 4.18. The number of rotatable bonds is 4. The van der Waals surface area contributed by atoms with Crippen molar-refractivity contribution in [2.75, 3.05) is 5.32 Å². The summed E-state index contributed by atoms with van der Waals surface area (Å²) in [5, 5.41) is 14.1. The van der Waals surface area contributed by atoms with Crippen LogP contribution in [0, 0.1) is 0 Å². The van der Waals surface area contributed by atoms with Crippen LogP contribution in [0.15, 0.2) is 79.0 Å². The van der Waals surface area contributed by atoms with Gasteiger partial charge in [0.25, 0.3) is 5.91 Å². The van der Waals surface area contributed by atoms with Gasteiger partial charge in [0, 0.05) is 22.7 Å². The van der Waals surface area contributed by atoms with Crippen LogP contribution in [0.3, 0.4) is 0 Å². The molecule has 0 aliphatic heterocycles. The summed E-state index contributed by atoms with van der Waals surface area (Å²) in [6, 6.07) is 21.5. The number of aromatic nitrogens is 1. The van der Waals surface area contributed by atoms with Crippen LogP contribution in [0.2, 0.25) is 0 Å². The maximum atomic E-state index is 12.9. The highest BCUT2D eigenvalue weighted by Crippen LogP contribution is 2.30. The number of aromatic carboxylic acids is 1. The van der Waals surface area contributed by atoms with Crippen LogP contribution in [-0.2, 0) is 0 Å². The first-order chi connectivity index (χ1) is 13.1. The van der Waals surface area contributed by atoms with Crippen molar-refractivity contribution in [1.29, 1.82) is 0 Å². The molecule has 5 heteroatoms. The third-order valence-corrected chi connectivity index (χ3v) is 4.45. The molecule has 0 saturated carbocycles. The number of carboxylic acids is 1. The summed E-state index contributed by atoms with van der Waals surface area (Å²) in [4.78, 5) is 27.6. The highest BCUT2D eigenvalue weighted by atomic mass is 16.4. The molecule has 0 saturated heterocycles. The number of aromatic amines is 1. The van der Waals surface area contributed by atoms with Gasteiger partial charge in [-0.05, 0) is 23.6 Å². The SMILES string of the molecule is O=C(O)c1ccccc1NC(=O)c1ccccc1-c1[nH]cc2ccccc12. The Bertz CT molecular complexity index is 1160. The number of H-pyrrole nitrogens is 1. The molecule has 4 aromatic rings. The zero-order valence-corrected chi connectivity index (χ0v) is 14.3. The van der Waals surface area contributed by atoms with Crippen LogP contribution in [0.4, 0.5) is 5.69 Å². The molecule has 0 spiro atoms. The topological polar surface area (TPSA) is 82.2 Å². The fraction of sp³-hybridized carbons (Fsp3) is 0. The Labute approximate surface area is 155 Å². The summed E-state index contributed by atoms with van der Waals surface area (Å²) in [6.45, 7) is 0. The van der Waals surface area contributed by atoms with E-state index < -0.39 is 5.97 Å². The smallest absolute Gasteiger partial charge is 0.337 e. The van der Waals surface area contributed by atoms with Crippen molar-refractivity contribution in [3.05, 3.63) is 90.1 Å². The number of fused-ring (bicyclic) bond motifs is 1. The minimum atomic E-state index is -1.09. The fourth-order valence-corrected chi connectivity index (χ4v) is 3.17. The number of carbonyl (C=O) groups is 2. The Hall–Kier alpha value is -3.86. The average Bonchev–Trinajstić information content (AvgIpc) is 3.12. The van der Waals surface area contributed by atoms with Crippen molar-refractivity contribution in [2.24, 2.45) is 0 Å². The number of anilines is 1. The molecular weight excluding hydrogens is 340 g/mol. The molecule has 3 N–H and O–H groups in total. The molecule has 1 aromatic heterocycles. The first-order valence-corrected chi connectivity index (χ1v) is 8.44. The first-order valence-electron chi connectivity index (χ1n) is 8.44. The van der Waals surface area contributed by atoms with Gasteiger partial charge in [-0.2, -0.15) is 0 Å². The minimum absolute atomic E-state index is 0.0497. The number of carboxylic acid groups (broad SMARTS) is 1. The number of carbonyl (C=O) groups excluding carboxylic acids is 1. The van der Waals surface area contributed by atoms with Crippen molar-refractivity contribution in [3.63, 3.8) is 0 Å². The second kappa shape index (κ2) is 6.80. The van der Waals surface area contributed by atoms with E-state index in [0.29, 0.717) is 5.56 Å². The van der Waals surface area contributed by atoms with Gasteiger partial charge in [0.05, 0.1) is 16.9 Å². The zero-order valence-electron chi connectivity index (χ0n) is 14.3. The highest BCUT2D eigenvalue weighted by Gasteiger charge is 2.17. The molecule has 0 radical (unpaired) electrons. The van der Waals surface area contributed by atoms with Gasteiger partial charge in [0.1, 0.15) is 0 Å².